The average Bonchev–Trinajstić information content (AvgIpc) is 3.11. The highest BCUT2D eigenvalue weighted by molar-refractivity contribution is 5.92. The molecule has 1 saturated heterocycles. The topological polar surface area (TPSA) is 101 Å². The number of fused-ring (bicyclic) bond motifs is 1. The van der Waals surface area contributed by atoms with Gasteiger partial charge in [-0.1, -0.05) is 6.58 Å². The lowest BCUT2D eigenvalue weighted by atomic mass is 9.92. The maximum atomic E-state index is 13.2. The Balaban J connectivity index is 1.76. The number of aromatic nitrogens is 3. The summed E-state index contributed by atoms with van der Waals surface area (Å²) >= 11 is 0. The van der Waals surface area contributed by atoms with Gasteiger partial charge in [0.1, 0.15) is 11.9 Å². The van der Waals surface area contributed by atoms with Crippen LogP contribution in [-0.2, 0) is 4.79 Å². The Labute approximate surface area is 184 Å². The zero-order valence-electron chi connectivity index (χ0n) is 17.0. The summed E-state index contributed by atoms with van der Waals surface area (Å²) in [5, 5.41) is 24.7. The number of halogens is 4. The van der Waals surface area contributed by atoms with Crippen LogP contribution in [0.1, 0.15) is 23.3 Å². The molecule has 8 nitrogen and oxygen atoms in total. The van der Waals surface area contributed by atoms with Crippen molar-refractivity contribution in [2.24, 2.45) is 0 Å². The molecule has 0 saturated carbocycles. The summed E-state index contributed by atoms with van der Waals surface area (Å²) < 4.78 is 55.8. The van der Waals surface area contributed by atoms with E-state index >= 15 is 0 Å². The third-order valence-electron chi connectivity index (χ3n) is 5.26. The van der Waals surface area contributed by atoms with Gasteiger partial charge in [0.25, 0.3) is 5.91 Å². The van der Waals surface area contributed by atoms with Crippen LogP contribution in [0.3, 0.4) is 0 Å². The summed E-state index contributed by atoms with van der Waals surface area (Å²) in [6.07, 6.45) is -4.66. The SMILES string of the molecule is C=C(F)C(=O)N1CC(c2nn(-c3ccc(OC(F)(F)F)cc3)c3nccc([C@H](O)CO)c23)C1. The number of hydrogen-bond donors (Lipinski definition) is 2. The molecule has 174 valence electrons. The van der Waals surface area contributed by atoms with E-state index in [0.717, 1.165) is 12.1 Å². The number of aliphatic hydroxyl groups is 2. The van der Waals surface area contributed by atoms with Gasteiger partial charge in [-0.2, -0.15) is 5.10 Å². The number of hydrogen-bond acceptors (Lipinski definition) is 6. The lowest BCUT2D eigenvalue weighted by Crippen LogP contribution is -2.48. The van der Waals surface area contributed by atoms with Gasteiger partial charge in [0.15, 0.2) is 11.5 Å². The minimum absolute atomic E-state index is 0.149. The fourth-order valence-electron chi connectivity index (χ4n) is 3.71. The molecule has 3 aromatic rings. The van der Waals surface area contributed by atoms with Gasteiger partial charge < -0.3 is 19.8 Å². The largest absolute Gasteiger partial charge is 0.573 e. The van der Waals surface area contributed by atoms with Crippen molar-refractivity contribution < 1.29 is 37.3 Å². The first-order chi connectivity index (χ1) is 15.6. The molecule has 1 aliphatic rings. The van der Waals surface area contributed by atoms with Gasteiger partial charge in [0, 0.05) is 30.6 Å². The van der Waals surface area contributed by atoms with Crippen molar-refractivity contribution in [2.75, 3.05) is 19.7 Å². The van der Waals surface area contributed by atoms with Crippen LogP contribution in [0.2, 0.25) is 0 Å². The van der Waals surface area contributed by atoms with Crippen molar-refractivity contribution >= 4 is 16.9 Å². The van der Waals surface area contributed by atoms with E-state index in [4.69, 9.17) is 0 Å². The molecule has 0 bridgehead atoms. The van der Waals surface area contributed by atoms with E-state index in [1.807, 2.05) is 0 Å². The summed E-state index contributed by atoms with van der Waals surface area (Å²) in [6.45, 7) is 2.73. The minimum Gasteiger partial charge on any atom is -0.406 e. The fourth-order valence-corrected chi connectivity index (χ4v) is 3.71. The Morgan fingerprint density at radius 2 is 1.91 bits per heavy atom. The molecule has 1 aromatic carbocycles. The predicted octanol–water partition coefficient (Wildman–Crippen LogP) is 2.75. The highest BCUT2D eigenvalue weighted by Gasteiger charge is 2.37. The Bertz CT molecular complexity index is 1200. The van der Waals surface area contributed by atoms with Gasteiger partial charge in [0.05, 0.1) is 18.0 Å². The predicted molar refractivity (Wildman–Crippen MR) is 107 cm³/mol. The molecule has 2 N–H and O–H groups in total. The minimum atomic E-state index is -4.83. The number of aliphatic hydroxyl groups excluding tert-OH is 2. The second-order valence-corrected chi connectivity index (χ2v) is 7.45. The summed E-state index contributed by atoms with van der Waals surface area (Å²) in [5.74, 6) is -2.64. The summed E-state index contributed by atoms with van der Waals surface area (Å²) in [5.41, 5.74) is 1.46. The molecule has 0 aliphatic carbocycles. The van der Waals surface area contributed by atoms with E-state index in [2.05, 4.69) is 21.4 Å². The molecular weight excluding hydrogens is 448 g/mol. The lowest BCUT2D eigenvalue weighted by molar-refractivity contribution is -0.274. The second kappa shape index (κ2) is 8.45. The Hall–Kier alpha value is -3.51. The number of nitrogens with zero attached hydrogens (tertiary/aromatic N) is 4. The first-order valence-electron chi connectivity index (χ1n) is 9.75. The quantitative estimate of drug-likeness (QED) is 0.428. The molecule has 1 atom stereocenters. The number of pyridine rings is 1. The van der Waals surface area contributed by atoms with Crippen LogP contribution in [0.25, 0.3) is 16.7 Å². The molecular formula is C21H18F4N4O4. The van der Waals surface area contributed by atoms with Gasteiger partial charge in [-0.15, -0.1) is 13.2 Å². The third kappa shape index (κ3) is 4.39. The normalized spacial score (nSPS) is 15.4. The van der Waals surface area contributed by atoms with Crippen LogP contribution in [0.15, 0.2) is 48.9 Å². The Kier molecular flexibility index (Phi) is 5.80. The number of benzene rings is 1. The molecule has 3 heterocycles. The molecule has 2 aromatic heterocycles. The van der Waals surface area contributed by atoms with Gasteiger partial charge >= 0.3 is 6.36 Å². The molecule has 12 heteroatoms. The van der Waals surface area contributed by atoms with Crippen molar-refractivity contribution in [2.45, 2.75) is 18.4 Å². The second-order valence-electron chi connectivity index (χ2n) is 7.45. The zero-order chi connectivity index (χ0) is 23.9. The molecule has 1 aliphatic heterocycles. The molecule has 0 radical (unpaired) electrons. The lowest BCUT2D eigenvalue weighted by Gasteiger charge is -2.38. The average molecular weight is 466 g/mol. The van der Waals surface area contributed by atoms with Crippen LogP contribution < -0.4 is 4.74 Å². The van der Waals surface area contributed by atoms with Crippen LogP contribution in [0.5, 0.6) is 5.75 Å². The van der Waals surface area contributed by atoms with E-state index in [-0.39, 0.29) is 19.0 Å². The van der Waals surface area contributed by atoms with Crippen LogP contribution >= 0.6 is 0 Å². The zero-order valence-corrected chi connectivity index (χ0v) is 17.0. The van der Waals surface area contributed by atoms with Gasteiger partial charge in [0.2, 0.25) is 0 Å². The Morgan fingerprint density at radius 1 is 1.24 bits per heavy atom. The summed E-state index contributed by atoms with van der Waals surface area (Å²) in [7, 11) is 0. The fraction of sp³-hybridized carbons (Fsp3) is 0.286. The van der Waals surface area contributed by atoms with Crippen LogP contribution in [0, 0.1) is 0 Å². The monoisotopic (exact) mass is 466 g/mol. The van der Waals surface area contributed by atoms with Crippen molar-refractivity contribution in [3.05, 3.63) is 60.2 Å². The molecule has 0 spiro atoms. The maximum Gasteiger partial charge on any atom is 0.573 e. The first-order valence-corrected chi connectivity index (χ1v) is 9.75. The number of likely N-dealkylation sites (tertiary alicyclic amines) is 1. The Morgan fingerprint density at radius 3 is 2.48 bits per heavy atom. The van der Waals surface area contributed by atoms with Gasteiger partial charge in [-0.3, -0.25) is 4.79 Å². The van der Waals surface area contributed by atoms with E-state index < -0.39 is 36.6 Å². The van der Waals surface area contributed by atoms with Gasteiger partial charge in [-0.25, -0.2) is 14.1 Å². The van der Waals surface area contributed by atoms with E-state index in [1.165, 1.54) is 34.0 Å². The third-order valence-corrected chi connectivity index (χ3v) is 5.26. The summed E-state index contributed by atoms with van der Waals surface area (Å²) in [6, 6.07) is 6.48. The molecule has 1 fully saturated rings. The number of carbonyl (C=O) groups is 1. The smallest absolute Gasteiger partial charge is 0.406 e. The van der Waals surface area contributed by atoms with Crippen molar-refractivity contribution in [3.63, 3.8) is 0 Å². The number of carbonyl (C=O) groups excluding carboxylic acids is 1. The van der Waals surface area contributed by atoms with Gasteiger partial charge in [-0.05, 0) is 35.9 Å². The number of ether oxygens (including phenoxy) is 1. The molecule has 0 unspecified atom stereocenters. The van der Waals surface area contributed by atoms with Crippen molar-refractivity contribution in [3.8, 4) is 11.4 Å². The van der Waals surface area contributed by atoms with Crippen LogP contribution in [0.4, 0.5) is 17.6 Å². The van der Waals surface area contributed by atoms with Crippen LogP contribution in [-0.4, -0.2) is 61.8 Å². The highest BCUT2D eigenvalue weighted by Crippen LogP contribution is 2.36. The number of rotatable bonds is 6. The highest BCUT2D eigenvalue weighted by atomic mass is 19.4. The van der Waals surface area contributed by atoms with Crippen molar-refractivity contribution in [1.82, 2.24) is 19.7 Å². The molecule has 4 rings (SSSR count). The number of amides is 1. The van der Waals surface area contributed by atoms with Crippen molar-refractivity contribution in [1.29, 1.82) is 0 Å². The van der Waals surface area contributed by atoms with E-state index in [9.17, 15) is 32.6 Å². The first kappa shape index (κ1) is 22.7. The van der Waals surface area contributed by atoms with E-state index in [0.29, 0.717) is 28.0 Å². The number of alkyl halides is 3. The standard InChI is InChI=1S/C21H18F4N4O4/c1-11(22)20(32)28-8-12(9-28)18-17-15(16(31)10-30)6-7-26-19(17)29(27-18)13-2-4-14(5-3-13)33-21(23,24)25/h2-7,12,16,30-31H,1,8-10H2/t16-/m1/s1. The molecule has 33 heavy (non-hydrogen) atoms. The maximum absolute atomic E-state index is 13.2. The summed E-state index contributed by atoms with van der Waals surface area (Å²) in [4.78, 5) is 17.3. The van der Waals surface area contributed by atoms with E-state index in [1.54, 1.807) is 0 Å². The molecule has 1 amide bonds.